The van der Waals surface area contributed by atoms with E-state index < -0.39 is 4.92 Å². The maximum absolute atomic E-state index is 12.7. The van der Waals surface area contributed by atoms with Crippen molar-refractivity contribution >= 4 is 11.6 Å². The van der Waals surface area contributed by atoms with Crippen LogP contribution in [0.2, 0.25) is 0 Å². The maximum Gasteiger partial charge on any atom is 0.269 e. The van der Waals surface area contributed by atoms with Crippen molar-refractivity contribution in [2.45, 2.75) is 32.7 Å². The van der Waals surface area contributed by atoms with E-state index in [0.29, 0.717) is 11.5 Å². The molecule has 126 valence electrons. The molecule has 0 saturated heterocycles. The highest BCUT2D eigenvalue weighted by Crippen LogP contribution is 2.24. The highest BCUT2D eigenvalue weighted by molar-refractivity contribution is 5.94. The summed E-state index contributed by atoms with van der Waals surface area (Å²) >= 11 is 0. The highest BCUT2D eigenvalue weighted by atomic mass is 16.6. The van der Waals surface area contributed by atoms with Crippen LogP contribution in [0.1, 0.15) is 54.2 Å². The Kier molecular flexibility index (Phi) is 5.34. The molecule has 2 aromatic rings. The number of non-ortho nitro benzene ring substituents is 1. The minimum Gasteiger partial charge on any atom is -0.335 e. The number of nitro benzene ring substituents is 1. The molecular weight excluding hydrogens is 304 g/mol. The molecule has 5 heteroatoms. The van der Waals surface area contributed by atoms with E-state index in [4.69, 9.17) is 0 Å². The largest absolute Gasteiger partial charge is 0.335 e. The summed E-state index contributed by atoms with van der Waals surface area (Å²) in [5.74, 6) is 0.306. The van der Waals surface area contributed by atoms with Gasteiger partial charge in [0.25, 0.3) is 11.6 Å². The summed E-state index contributed by atoms with van der Waals surface area (Å²) in [5.41, 5.74) is 2.56. The highest BCUT2D eigenvalue weighted by Gasteiger charge is 2.20. The summed E-state index contributed by atoms with van der Waals surface area (Å²) in [6, 6.07) is 13.7. The van der Waals surface area contributed by atoms with Gasteiger partial charge in [-0.25, -0.2) is 0 Å². The summed E-state index contributed by atoms with van der Waals surface area (Å²) in [4.78, 5) is 24.7. The van der Waals surface area contributed by atoms with Crippen molar-refractivity contribution < 1.29 is 9.72 Å². The van der Waals surface area contributed by atoms with Crippen LogP contribution >= 0.6 is 0 Å². The third kappa shape index (κ3) is 3.79. The van der Waals surface area contributed by atoms with Crippen LogP contribution in [-0.4, -0.2) is 22.8 Å². The third-order valence-corrected chi connectivity index (χ3v) is 4.29. The summed E-state index contributed by atoms with van der Waals surface area (Å²) in [5, 5.41) is 10.9. The summed E-state index contributed by atoms with van der Waals surface area (Å²) in [6.07, 6.45) is 0. The van der Waals surface area contributed by atoms with Crippen LogP contribution in [0.25, 0.3) is 0 Å². The predicted molar refractivity (Wildman–Crippen MR) is 94.1 cm³/mol. The van der Waals surface area contributed by atoms with Gasteiger partial charge in [-0.3, -0.25) is 14.9 Å². The van der Waals surface area contributed by atoms with Crippen LogP contribution in [-0.2, 0) is 0 Å². The number of nitrogens with zero attached hydrogens (tertiary/aromatic N) is 2. The first-order valence-corrected chi connectivity index (χ1v) is 7.92. The molecule has 0 unspecified atom stereocenters. The monoisotopic (exact) mass is 326 g/mol. The summed E-state index contributed by atoms with van der Waals surface area (Å²) in [6.45, 7) is 6.07. The van der Waals surface area contributed by atoms with E-state index in [9.17, 15) is 14.9 Å². The molecule has 0 radical (unpaired) electrons. The SMILES string of the molecule is CC(C)c1ccc(C(=O)N(C)[C@@H](C)c2cccc([N+](=O)[O-])c2)cc1. The second-order valence-corrected chi connectivity index (χ2v) is 6.22. The topological polar surface area (TPSA) is 63.5 Å². The molecule has 1 atom stereocenters. The van der Waals surface area contributed by atoms with E-state index in [-0.39, 0.29) is 17.6 Å². The zero-order valence-electron chi connectivity index (χ0n) is 14.4. The van der Waals surface area contributed by atoms with Gasteiger partial charge in [0.15, 0.2) is 0 Å². The average molecular weight is 326 g/mol. The lowest BCUT2D eigenvalue weighted by Crippen LogP contribution is -2.29. The molecule has 2 aromatic carbocycles. The fraction of sp³-hybridized carbons (Fsp3) is 0.316. The Labute approximate surface area is 142 Å². The van der Waals surface area contributed by atoms with Gasteiger partial charge in [0.1, 0.15) is 0 Å². The van der Waals surface area contributed by atoms with Crippen molar-refractivity contribution in [3.05, 3.63) is 75.3 Å². The average Bonchev–Trinajstić information content (AvgIpc) is 2.60. The molecule has 1 amide bonds. The third-order valence-electron chi connectivity index (χ3n) is 4.29. The van der Waals surface area contributed by atoms with E-state index in [1.54, 1.807) is 24.1 Å². The molecule has 0 aliphatic heterocycles. The van der Waals surface area contributed by atoms with Gasteiger partial charge in [0.2, 0.25) is 0 Å². The number of amides is 1. The van der Waals surface area contributed by atoms with Crippen LogP contribution in [0.3, 0.4) is 0 Å². The van der Waals surface area contributed by atoms with Gasteiger partial charge < -0.3 is 4.90 Å². The second-order valence-electron chi connectivity index (χ2n) is 6.22. The molecule has 0 saturated carbocycles. The number of nitro groups is 1. The first-order valence-electron chi connectivity index (χ1n) is 7.92. The van der Waals surface area contributed by atoms with E-state index in [0.717, 1.165) is 5.56 Å². The Morgan fingerprint density at radius 3 is 2.21 bits per heavy atom. The number of hydrogen-bond donors (Lipinski definition) is 0. The van der Waals surface area contributed by atoms with E-state index in [2.05, 4.69) is 13.8 Å². The number of rotatable bonds is 5. The van der Waals surface area contributed by atoms with Gasteiger partial charge in [-0.15, -0.1) is 0 Å². The molecule has 24 heavy (non-hydrogen) atoms. The van der Waals surface area contributed by atoms with Crippen LogP contribution in [0.15, 0.2) is 48.5 Å². The first-order chi connectivity index (χ1) is 11.3. The molecule has 0 spiro atoms. The molecule has 0 fully saturated rings. The van der Waals surface area contributed by atoms with Gasteiger partial charge in [-0.1, -0.05) is 38.1 Å². The lowest BCUT2D eigenvalue weighted by molar-refractivity contribution is -0.384. The number of benzene rings is 2. The van der Waals surface area contributed by atoms with Gasteiger partial charge >= 0.3 is 0 Å². The Morgan fingerprint density at radius 2 is 1.67 bits per heavy atom. The first kappa shape index (κ1) is 17.7. The molecular formula is C19H22N2O3. The fourth-order valence-electron chi connectivity index (χ4n) is 2.51. The zero-order chi connectivity index (χ0) is 17.9. The lowest BCUT2D eigenvalue weighted by atomic mass is 10.0. The number of carbonyl (C=O) groups is 1. The number of carbonyl (C=O) groups excluding carboxylic acids is 1. The van der Waals surface area contributed by atoms with Crippen LogP contribution in [0, 0.1) is 10.1 Å². The zero-order valence-corrected chi connectivity index (χ0v) is 14.4. The quantitative estimate of drug-likeness (QED) is 0.598. The van der Waals surface area contributed by atoms with E-state index in [1.807, 2.05) is 31.2 Å². The Balaban J connectivity index is 2.20. The summed E-state index contributed by atoms with van der Waals surface area (Å²) < 4.78 is 0. The molecule has 0 aliphatic rings. The standard InChI is InChI=1S/C19H22N2O3/c1-13(2)15-8-10-16(11-9-15)19(22)20(4)14(3)17-6-5-7-18(12-17)21(23)24/h5-14H,1-4H3/t14-/m0/s1. The molecule has 2 rings (SSSR count). The normalized spacial score (nSPS) is 12.0. The van der Waals surface area contributed by atoms with Crippen molar-refractivity contribution in [1.29, 1.82) is 0 Å². The van der Waals surface area contributed by atoms with Gasteiger partial charge in [0, 0.05) is 24.7 Å². The van der Waals surface area contributed by atoms with Crippen LogP contribution in [0.4, 0.5) is 5.69 Å². The molecule has 0 aromatic heterocycles. The second kappa shape index (κ2) is 7.25. The van der Waals surface area contributed by atoms with Crippen molar-refractivity contribution in [1.82, 2.24) is 4.90 Å². The minimum atomic E-state index is -0.428. The summed E-state index contributed by atoms with van der Waals surface area (Å²) in [7, 11) is 1.71. The number of hydrogen-bond acceptors (Lipinski definition) is 3. The van der Waals surface area contributed by atoms with Crippen LogP contribution in [0.5, 0.6) is 0 Å². The van der Waals surface area contributed by atoms with Crippen molar-refractivity contribution in [2.24, 2.45) is 0 Å². The van der Waals surface area contributed by atoms with Gasteiger partial charge in [0.05, 0.1) is 11.0 Å². The minimum absolute atomic E-state index is 0.0292. The van der Waals surface area contributed by atoms with Crippen molar-refractivity contribution in [3.8, 4) is 0 Å². The molecule has 0 aliphatic carbocycles. The van der Waals surface area contributed by atoms with Gasteiger partial charge in [-0.2, -0.15) is 0 Å². The molecule has 0 N–H and O–H groups in total. The van der Waals surface area contributed by atoms with Crippen molar-refractivity contribution in [2.75, 3.05) is 7.05 Å². The van der Waals surface area contributed by atoms with Gasteiger partial charge in [-0.05, 0) is 36.1 Å². The van der Waals surface area contributed by atoms with E-state index in [1.165, 1.54) is 17.7 Å². The maximum atomic E-state index is 12.7. The Bertz CT molecular complexity index is 739. The lowest BCUT2D eigenvalue weighted by Gasteiger charge is -2.25. The molecule has 0 bridgehead atoms. The smallest absolute Gasteiger partial charge is 0.269 e. The predicted octanol–water partition coefficient (Wildman–Crippen LogP) is 4.55. The van der Waals surface area contributed by atoms with E-state index >= 15 is 0 Å². The molecule has 0 heterocycles. The Hall–Kier alpha value is -2.69. The van der Waals surface area contributed by atoms with Crippen LogP contribution < -0.4 is 0 Å². The Morgan fingerprint density at radius 1 is 1.04 bits per heavy atom. The fourth-order valence-corrected chi connectivity index (χ4v) is 2.51. The molecule has 5 nitrogen and oxygen atoms in total. The van der Waals surface area contributed by atoms with Crippen molar-refractivity contribution in [3.63, 3.8) is 0 Å².